The highest BCUT2D eigenvalue weighted by molar-refractivity contribution is 8.00. The lowest BCUT2D eigenvalue weighted by atomic mass is 10.1. The third kappa shape index (κ3) is 8.47. The summed E-state index contributed by atoms with van der Waals surface area (Å²) in [6.45, 7) is 3.90. The van der Waals surface area contributed by atoms with Crippen LogP contribution in [0.5, 0.6) is 0 Å². The molecule has 6 aromatic rings. The van der Waals surface area contributed by atoms with Crippen molar-refractivity contribution in [1.29, 1.82) is 0 Å². The Morgan fingerprint density at radius 3 is 1.88 bits per heavy atom. The molecule has 0 aliphatic heterocycles. The number of nitrogens with zero attached hydrogens (tertiary/aromatic N) is 1. The summed E-state index contributed by atoms with van der Waals surface area (Å²) < 4.78 is 6.03. The van der Waals surface area contributed by atoms with Gasteiger partial charge in [-0.05, 0) is 86.6 Å². The first-order valence-corrected chi connectivity index (χ1v) is 17.0. The quantitative estimate of drug-likeness (QED) is 0.105. The van der Waals surface area contributed by atoms with Gasteiger partial charge in [0.15, 0.2) is 0 Å². The predicted octanol–water partition coefficient (Wildman–Crippen LogP) is 9.51. The fourth-order valence-corrected chi connectivity index (χ4v) is 6.11. The standard InChI is InChI=1S/C42H35N3O4S/c1-29-18-20-31(21-19-29)39-27-24-36(49-39)28-38(44-40(46)32-12-6-3-7-13-32)41(47)43-33-22-25-37(26-23-33)50-30(2)42(48)45(34-14-8-4-9-15-34)35-16-10-5-11-17-35/h3-28,30H,1-2H3,(H,43,47)(H,44,46)/b38-28-/t30-/m1/s1. The SMILES string of the molecule is Cc1ccc(-c2ccc(/C=C(\NC(=O)c3ccccc3)C(=O)Nc3ccc(S[C@H](C)C(=O)N(c4ccccc4)c4ccccc4)cc3)o2)cc1. The highest BCUT2D eigenvalue weighted by Crippen LogP contribution is 2.32. The molecule has 0 aliphatic rings. The lowest BCUT2D eigenvalue weighted by Crippen LogP contribution is -2.32. The maximum absolute atomic E-state index is 13.8. The molecule has 248 valence electrons. The van der Waals surface area contributed by atoms with Gasteiger partial charge < -0.3 is 15.1 Å². The Bertz CT molecular complexity index is 2050. The van der Waals surface area contributed by atoms with E-state index in [-0.39, 0.29) is 11.6 Å². The van der Waals surface area contributed by atoms with Crippen LogP contribution in [0.25, 0.3) is 17.4 Å². The van der Waals surface area contributed by atoms with Crippen LogP contribution in [0, 0.1) is 6.92 Å². The van der Waals surface area contributed by atoms with Crippen LogP contribution in [0.4, 0.5) is 17.1 Å². The summed E-state index contributed by atoms with van der Waals surface area (Å²) in [7, 11) is 0. The summed E-state index contributed by atoms with van der Waals surface area (Å²) in [5.74, 6) is 0.0409. The lowest BCUT2D eigenvalue weighted by Gasteiger charge is -2.26. The Morgan fingerprint density at radius 2 is 1.28 bits per heavy atom. The zero-order chi connectivity index (χ0) is 34.9. The Morgan fingerprint density at radius 1 is 0.700 bits per heavy atom. The molecule has 7 nitrogen and oxygen atoms in total. The summed E-state index contributed by atoms with van der Waals surface area (Å²) in [6.07, 6.45) is 1.51. The average Bonchev–Trinajstić information content (AvgIpc) is 3.62. The van der Waals surface area contributed by atoms with Crippen molar-refractivity contribution in [1.82, 2.24) is 5.32 Å². The smallest absolute Gasteiger partial charge is 0.272 e. The Balaban J connectivity index is 1.17. The molecule has 0 spiro atoms. The number of anilines is 3. The molecular formula is C42H35N3O4S. The Kier molecular flexibility index (Phi) is 10.7. The number of para-hydroxylation sites is 2. The minimum atomic E-state index is -0.520. The molecule has 1 heterocycles. The van der Waals surface area contributed by atoms with Crippen LogP contribution in [-0.4, -0.2) is 23.0 Å². The second-order valence-electron chi connectivity index (χ2n) is 11.5. The molecule has 0 saturated heterocycles. The number of carbonyl (C=O) groups is 3. The predicted molar refractivity (Wildman–Crippen MR) is 201 cm³/mol. The number of thioether (sulfide) groups is 1. The van der Waals surface area contributed by atoms with Gasteiger partial charge in [0.25, 0.3) is 11.8 Å². The normalized spacial score (nSPS) is 11.8. The molecule has 8 heteroatoms. The van der Waals surface area contributed by atoms with Crippen molar-refractivity contribution in [2.24, 2.45) is 0 Å². The number of rotatable bonds is 11. The fraction of sp³-hybridized carbons (Fsp3) is 0.0714. The van der Waals surface area contributed by atoms with Crippen LogP contribution in [0.3, 0.4) is 0 Å². The number of amides is 3. The first kappa shape index (κ1) is 33.8. The van der Waals surface area contributed by atoms with Crippen molar-refractivity contribution >= 4 is 52.6 Å². The third-order valence-corrected chi connectivity index (χ3v) is 8.90. The topological polar surface area (TPSA) is 91.7 Å². The van der Waals surface area contributed by atoms with Crippen LogP contribution in [0.2, 0.25) is 0 Å². The minimum Gasteiger partial charge on any atom is -0.457 e. The van der Waals surface area contributed by atoms with Gasteiger partial charge in [0, 0.05) is 39.2 Å². The number of hydrogen-bond acceptors (Lipinski definition) is 5. The molecule has 0 fully saturated rings. The molecule has 6 rings (SSSR count). The Hall–Kier alpha value is -6.12. The first-order valence-electron chi connectivity index (χ1n) is 16.1. The largest absolute Gasteiger partial charge is 0.457 e. The number of benzene rings is 5. The average molecular weight is 678 g/mol. The van der Waals surface area contributed by atoms with Crippen molar-refractivity contribution < 1.29 is 18.8 Å². The second-order valence-corrected chi connectivity index (χ2v) is 12.9. The maximum atomic E-state index is 13.8. The van der Waals surface area contributed by atoms with Crippen LogP contribution < -0.4 is 15.5 Å². The van der Waals surface area contributed by atoms with E-state index in [2.05, 4.69) is 10.6 Å². The van der Waals surface area contributed by atoms with E-state index in [0.717, 1.165) is 27.4 Å². The van der Waals surface area contributed by atoms with Gasteiger partial charge in [0.1, 0.15) is 17.2 Å². The van der Waals surface area contributed by atoms with Crippen LogP contribution in [-0.2, 0) is 9.59 Å². The molecule has 5 aromatic carbocycles. The highest BCUT2D eigenvalue weighted by Gasteiger charge is 2.24. The minimum absolute atomic E-state index is 0.0169. The van der Waals surface area contributed by atoms with Gasteiger partial charge >= 0.3 is 0 Å². The van der Waals surface area contributed by atoms with Crippen molar-refractivity contribution in [3.63, 3.8) is 0 Å². The molecule has 1 atom stereocenters. The van der Waals surface area contributed by atoms with E-state index in [0.29, 0.717) is 22.8 Å². The van der Waals surface area contributed by atoms with E-state index >= 15 is 0 Å². The summed E-state index contributed by atoms with van der Waals surface area (Å²) in [5, 5.41) is 5.22. The summed E-state index contributed by atoms with van der Waals surface area (Å²) in [5.41, 5.74) is 4.56. The van der Waals surface area contributed by atoms with E-state index < -0.39 is 17.1 Å². The summed E-state index contributed by atoms with van der Waals surface area (Å²) >= 11 is 1.43. The van der Waals surface area contributed by atoms with Gasteiger partial charge in [0.2, 0.25) is 5.91 Å². The Labute approximate surface area is 295 Å². The van der Waals surface area contributed by atoms with Crippen molar-refractivity contribution in [2.75, 3.05) is 10.2 Å². The van der Waals surface area contributed by atoms with Gasteiger partial charge in [-0.2, -0.15) is 0 Å². The number of aryl methyl sites for hydroxylation is 1. The number of nitrogens with one attached hydrogen (secondary N) is 2. The van der Waals surface area contributed by atoms with Crippen LogP contribution in [0.1, 0.15) is 28.6 Å². The summed E-state index contributed by atoms with van der Waals surface area (Å²) in [6, 6.07) is 46.6. The maximum Gasteiger partial charge on any atom is 0.272 e. The lowest BCUT2D eigenvalue weighted by molar-refractivity contribution is -0.117. The monoisotopic (exact) mass is 677 g/mol. The van der Waals surface area contributed by atoms with Crippen molar-refractivity contribution in [3.8, 4) is 11.3 Å². The molecule has 0 radical (unpaired) electrons. The van der Waals surface area contributed by atoms with E-state index in [9.17, 15) is 14.4 Å². The van der Waals surface area contributed by atoms with Gasteiger partial charge in [0.05, 0.1) is 5.25 Å². The molecule has 1 aromatic heterocycles. The van der Waals surface area contributed by atoms with Gasteiger partial charge in [-0.15, -0.1) is 11.8 Å². The molecule has 50 heavy (non-hydrogen) atoms. The molecule has 0 aliphatic carbocycles. The molecule has 0 unspecified atom stereocenters. The molecule has 3 amide bonds. The van der Waals surface area contributed by atoms with E-state index in [1.54, 1.807) is 47.4 Å². The zero-order valence-corrected chi connectivity index (χ0v) is 28.4. The number of hydrogen-bond donors (Lipinski definition) is 2. The number of carbonyl (C=O) groups excluding carboxylic acids is 3. The van der Waals surface area contributed by atoms with E-state index in [1.807, 2.05) is 123 Å². The fourth-order valence-electron chi connectivity index (χ4n) is 5.20. The molecular weight excluding hydrogens is 643 g/mol. The summed E-state index contributed by atoms with van der Waals surface area (Å²) in [4.78, 5) is 43.1. The van der Waals surface area contributed by atoms with E-state index in [1.165, 1.54) is 17.8 Å². The molecule has 2 N–H and O–H groups in total. The zero-order valence-electron chi connectivity index (χ0n) is 27.6. The van der Waals surface area contributed by atoms with Crippen LogP contribution in [0.15, 0.2) is 167 Å². The van der Waals surface area contributed by atoms with Crippen LogP contribution >= 0.6 is 11.8 Å². The van der Waals surface area contributed by atoms with E-state index in [4.69, 9.17) is 4.42 Å². The van der Waals surface area contributed by atoms with Gasteiger partial charge in [-0.3, -0.25) is 19.3 Å². The first-order chi connectivity index (χ1) is 24.3. The van der Waals surface area contributed by atoms with Gasteiger partial charge in [-0.1, -0.05) is 84.4 Å². The van der Waals surface area contributed by atoms with Crippen molar-refractivity contribution in [3.05, 3.63) is 174 Å². The highest BCUT2D eigenvalue weighted by atomic mass is 32.2. The third-order valence-electron chi connectivity index (χ3n) is 7.80. The second kappa shape index (κ2) is 15.9. The molecule has 0 saturated carbocycles. The molecule has 0 bridgehead atoms. The van der Waals surface area contributed by atoms with Gasteiger partial charge in [-0.25, -0.2) is 0 Å². The van der Waals surface area contributed by atoms with Crippen molar-refractivity contribution in [2.45, 2.75) is 24.0 Å². The number of furan rings is 1.